The predicted molar refractivity (Wildman–Crippen MR) is 109 cm³/mol. The Bertz CT molecular complexity index is 788. The molecule has 0 spiro atoms. The summed E-state index contributed by atoms with van der Waals surface area (Å²) in [7, 11) is 0. The molecule has 1 aromatic carbocycles. The van der Waals surface area contributed by atoms with Gasteiger partial charge in [0.1, 0.15) is 23.2 Å². The van der Waals surface area contributed by atoms with Gasteiger partial charge in [0.2, 0.25) is 0 Å². The fraction of sp³-hybridized carbons (Fsp3) is 0.476. The number of nitrogens with zero attached hydrogens (tertiary/aromatic N) is 4. The number of hydrogen-bond donors (Lipinski definition) is 1. The monoisotopic (exact) mass is 385 g/mol. The molecule has 1 saturated heterocycles. The van der Waals surface area contributed by atoms with Crippen molar-refractivity contribution in [1.29, 1.82) is 0 Å². The van der Waals surface area contributed by atoms with Crippen molar-refractivity contribution in [1.82, 2.24) is 15.3 Å². The maximum atomic E-state index is 13.1. The Morgan fingerprint density at radius 2 is 1.75 bits per heavy atom. The number of amides is 1. The van der Waals surface area contributed by atoms with Crippen LogP contribution in [0, 0.1) is 12.7 Å². The van der Waals surface area contributed by atoms with Crippen LogP contribution in [0.4, 0.5) is 15.9 Å². The number of carbonyl (C=O) groups excluding carboxylic acids is 1. The van der Waals surface area contributed by atoms with E-state index in [-0.39, 0.29) is 11.7 Å². The molecular formula is C21H28FN5O. The predicted octanol–water partition coefficient (Wildman–Crippen LogP) is 3.17. The molecule has 1 amide bonds. The molecule has 6 nitrogen and oxygen atoms in total. The Labute approximate surface area is 165 Å². The summed E-state index contributed by atoms with van der Waals surface area (Å²) in [4.78, 5) is 25.6. The number of nitrogens with one attached hydrogen (secondary N) is 1. The van der Waals surface area contributed by atoms with Gasteiger partial charge in [0, 0.05) is 44.5 Å². The fourth-order valence-corrected chi connectivity index (χ4v) is 3.34. The first-order chi connectivity index (χ1) is 13.6. The van der Waals surface area contributed by atoms with Gasteiger partial charge in [-0.05, 0) is 37.6 Å². The van der Waals surface area contributed by atoms with Crippen LogP contribution in [0.2, 0.25) is 0 Å². The van der Waals surface area contributed by atoms with Gasteiger partial charge in [-0.2, -0.15) is 0 Å². The Kier molecular flexibility index (Phi) is 6.79. The van der Waals surface area contributed by atoms with Crippen molar-refractivity contribution in [2.75, 3.05) is 42.5 Å². The van der Waals surface area contributed by atoms with E-state index in [1.54, 1.807) is 18.2 Å². The lowest BCUT2D eigenvalue weighted by Gasteiger charge is -2.36. The Morgan fingerprint density at radius 1 is 1.07 bits per heavy atom. The number of carbonyl (C=O) groups is 1. The SMILES string of the molecule is CCCCCNC(=O)c1cc(N2CCN(c3ccc(F)cc3)CC2)nc(C)n1. The molecule has 7 heteroatoms. The largest absolute Gasteiger partial charge is 0.368 e. The maximum Gasteiger partial charge on any atom is 0.270 e. The van der Waals surface area contributed by atoms with E-state index in [1.165, 1.54) is 12.1 Å². The Balaban J connectivity index is 1.62. The van der Waals surface area contributed by atoms with E-state index < -0.39 is 0 Å². The number of aryl methyl sites for hydroxylation is 1. The van der Waals surface area contributed by atoms with Crippen LogP contribution in [0.25, 0.3) is 0 Å². The highest BCUT2D eigenvalue weighted by Gasteiger charge is 2.20. The molecule has 0 radical (unpaired) electrons. The summed E-state index contributed by atoms with van der Waals surface area (Å²) in [6, 6.07) is 8.36. The number of anilines is 2. The number of aromatic nitrogens is 2. The summed E-state index contributed by atoms with van der Waals surface area (Å²) in [5.41, 5.74) is 1.44. The molecule has 0 unspecified atom stereocenters. The smallest absolute Gasteiger partial charge is 0.270 e. The van der Waals surface area contributed by atoms with Crippen molar-refractivity contribution in [3.8, 4) is 0 Å². The highest BCUT2D eigenvalue weighted by molar-refractivity contribution is 5.92. The highest BCUT2D eigenvalue weighted by Crippen LogP contribution is 2.20. The first kappa shape index (κ1) is 20.0. The first-order valence-electron chi connectivity index (χ1n) is 9.96. The highest BCUT2D eigenvalue weighted by atomic mass is 19.1. The van der Waals surface area contributed by atoms with Crippen LogP contribution < -0.4 is 15.1 Å². The number of benzene rings is 1. The Morgan fingerprint density at radius 3 is 2.43 bits per heavy atom. The Hall–Kier alpha value is -2.70. The second-order valence-electron chi connectivity index (χ2n) is 7.07. The van der Waals surface area contributed by atoms with Gasteiger partial charge in [-0.25, -0.2) is 14.4 Å². The van der Waals surface area contributed by atoms with Crippen LogP contribution in [0.3, 0.4) is 0 Å². The summed E-state index contributed by atoms with van der Waals surface area (Å²) in [5, 5.41) is 2.94. The van der Waals surface area contributed by atoms with E-state index in [1.807, 2.05) is 6.92 Å². The van der Waals surface area contributed by atoms with Crippen LogP contribution in [0.1, 0.15) is 42.5 Å². The fourth-order valence-electron chi connectivity index (χ4n) is 3.34. The lowest BCUT2D eigenvalue weighted by atomic mass is 10.2. The van der Waals surface area contributed by atoms with Crippen molar-refractivity contribution in [3.05, 3.63) is 47.7 Å². The molecule has 0 bridgehead atoms. The topological polar surface area (TPSA) is 61.4 Å². The average molecular weight is 385 g/mol. The van der Waals surface area contributed by atoms with E-state index in [4.69, 9.17) is 0 Å². The van der Waals surface area contributed by atoms with Gasteiger partial charge in [-0.3, -0.25) is 4.79 Å². The molecule has 150 valence electrons. The third kappa shape index (κ3) is 5.18. The molecule has 0 aliphatic carbocycles. The van der Waals surface area contributed by atoms with Crippen LogP contribution in [-0.4, -0.2) is 48.6 Å². The lowest BCUT2D eigenvalue weighted by Crippen LogP contribution is -2.47. The van der Waals surface area contributed by atoms with E-state index in [2.05, 4.69) is 32.0 Å². The van der Waals surface area contributed by atoms with E-state index in [0.717, 1.165) is 56.9 Å². The van der Waals surface area contributed by atoms with Crippen molar-refractivity contribution in [2.24, 2.45) is 0 Å². The number of hydrogen-bond acceptors (Lipinski definition) is 5. The number of piperazine rings is 1. The molecular weight excluding hydrogens is 357 g/mol. The van der Waals surface area contributed by atoms with Gasteiger partial charge in [-0.1, -0.05) is 19.8 Å². The number of unbranched alkanes of at least 4 members (excludes halogenated alkanes) is 2. The van der Waals surface area contributed by atoms with Gasteiger partial charge >= 0.3 is 0 Å². The zero-order valence-electron chi connectivity index (χ0n) is 16.6. The average Bonchev–Trinajstić information content (AvgIpc) is 2.71. The first-order valence-corrected chi connectivity index (χ1v) is 9.96. The van der Waals surface area contributed by atoms with Crippen LogP contribution in [0.5, 0.6) is 0 Å². The van der Waals surface area contributed by atoms with Crippen molar-refractivity contribution < 1.29 is 9.18 Å². The van der Waals surface area contributed by atoms with Crippen LogP contribution in [0.15, 0.2) is 30.3 Å². The standard InChI is InChI=1S/C21H28FN5O/c1-3-4-5-10-23-21(28)19-15-20(25-16(2)24-19)27-13-11-26(12-14-27)18-8-6-17(22)7-9-18/h6-9,15H,3-5,10-14H2,1-2H3,(H,23,28). The summed E-state index contributed by atoms with van der Waals surface area (Å²) in [5.74, 6) is 1.01. The van der Waals surface area contributed by atoms with Gasteiger partial charge < -0.3 is 15.1 Å². The minimum absolute atomic E-state index is 0.146. The molecule has 28 heavy (non-hydrogen) atoms. The molecule has 1 fully saturated rings. The molecule has 1 N–H and O–H groups in total. The molecule has 3 rings (SSSR count). The molecule has 1 aliphatic heterocycles. The second-order valence-corrected chi connectivity index (χ2v) is 7.07. The second kappa shape index (κ2) is 9.48. The normalized spacial score (nSPS) is 14.2. The quantitative estimate of drug-likeness (QED) is 0.742. The third-order valence-corrected chi connectivity index (χ3v) is 4.92. The molecule has 1 aliphatic rings. The molecule has 2 heterocycles. The number of rotatable bonds is 7. The molecule has 2 aromatic rings. The van der Waals surface area contributed by atoms with Crippen LogP contribution in [-0.2, 0) is 0 Å². The van der Waals surface area contributed by atoms with E-state index in [0.29, 0.717) is 18.1 Å². The van der Waals surface area contributed by atoms with E-state index in [9.17, 15) is 9.18 Å². The summed E-state index contributed by atoms with van der Waals surface area (Å²) in [6.45, 7) is 7.81. The van der Waals surface area contributed by atoms with Crippen LogP contribution >= 0.6 is 0 Å². The summed E-state index contributed by atoms with van der Waals surface area (Å²) in [6.07, 6.45) is 3.20. The van der Waals surface area contributed by atoms with E-state index >= 15 is 0 Å². The summed E-state index contributed by atoms with van der Waals surface area (Å²) >= 11 is 0. The van der Waals surface area contributed by atoms with Gasteiger partial charge in [0.05, 0.1) is 0 Å². The molecule has 0 saturated carbocycles. The third-order valence-electron chi connectivity index (χ3n) is 4.92. The van der Waals surface area contributed by atoms with Crippen molar-refractivity contribution >= 4 is 17.4 Å². The number of halogens is 1. The van der Waals surface area contributed by atoms with Crippen molar-refractivity contribution in [3.63, 3.8) is 0 Å². The van der Waals surface area contributed by atoms with Gasteiger partial charge in [0.15, 0.2) is 0 Å². The maximum absolute atomic E-state index is 13.1. The van der Waals surface area contributed by atoms with Gasteiger partial charge in [-0.15, -0.1) is 0 Å². The van der Waals surface area contributed by atoms with Crippen molar-refractivity contribution in [2.45, 2.75) is 33.1 Å². The minimum atomic E-state index is -0.223. The molecule has 0 atom stereocenters. The van der Waals surface area contributed by atoms with Gasteiger partial charge in [0.25, 0.3) is 5.91 Å². The summed E-state index contributed by atoms with van der Waals surface area (Å²) < 4.78 is 13.1. The molecule has 1 aromatic heterocycles. The minimum Gasteiger partial charge on any atom is -0.368 e. The zero-order chi connectivity index (χ0) is 19.9. The lowest BCUT2D eigenvalue weighted by molar-refractivity contribution is 0.0947. The zero-order valence-corrected chi connectivity index (χ0v) is 16.6.